The van der Waals surface area contributed by atoms with Crippen molar-refractivity contribution in [3.8, 4) is 0 Å². The topological polar surface area (TPSA) is 50.4 Å². The summed E-state index contributed by atoms with van der Waals surface area (Å²) in [6.45, 7) is 6.28. The fourth-order valence-electron chi connectivity index (χ4n) is 1.41. The van der Waals surface area contributed by atoms with Crippen molar-refractivity contribution in [1.82, 2.24) is 10.6 Å². The van der Waals surface area contributed by atoms with Crippen molar-refractivity contribution in [3.05, 3.63) is 0 Å². The molecule has 0 aromatic heterocycles. The van der Waals surface area contributed by atoms with Gasteiger partial charge < -0.3 is 15.4 Å². The van der Waals surface area contributed by atoms with E-state index >= 15 is 0 Å². The predicted octanol–water partition coefficient (Wildman–Crippen LogP) is 1.63. The summed E-state index contributed by atoms with van der Waals surface area (Å²) in [4.78, 5) is 11.2. The Balaban J connectivity index is 0.00000225. The molecule has 4 nitrogen and oxygen atoms in total. The van der Waals surface area contributed by atoms with E-state index in [0.29, 0.717) is 19.5 Å². The van der Waals surface area contributed by atoms with Crippen molar-refractivity contribution in [2.24, 2.45) is 0 Å². The summed E-state index contributed by atoms with van der Waals surface area (Å²) in [5.41, 5.74) is -1.86. The van der Waals surface area contributed by atoms with Crippen LogP contribution < -0.4 is 10.6 Å². The molecular formula is C10H20ClFN2O2. The van der Waals surface area contributed by atoms with E-state index in [4.69, 9.17) is 4.74 Å². The van der Waals surface area contributed by atoms with Gasteiger partial charge >= 0.3 is 6.09 Å². The Kier molecular flexibility index (Phi) is 5.49. The molecule has 1 aliphatic heterocycles. The number of ether oxygens (including phenoxy) is 1. The van der Waals surface area contributed by atoms with Crippen LogP contribution in [0, 0.1) is 0 Å². The molecule has 1 saturated heterocycles. The highest BCUT2D eigenvalue weighted by Crippen LogP contribution is 2.18. The van der Waals surface area contributed by atoms with Gasteiger partial charge in [0.2, 0.25) is 0 Å². The van der Waals surface area contributed by atoms with E-state index in [1.54, 1.807) is 20.8 Å². The maximum Gasteiger partial charge on any atom is 0.407 e. The van der Waals surface area contributed by atoms with Gasteiger partial charge in [0.15, 0.2) is 0 Å². The molecule has 1 amide bonds. The van der Waals surface area contributed by atoms with Crippen LogP contribution in [0.3, 0.4) is 0 Å². The molecule has 1 fully saturated rings. The molecule has 0 radical (unpaired) electrons. The molecule has 6 heteroatoms. The van der Waals surface area contributed by atoms with E-state index in [1.807, 2.05) is 0 Å². The van der Waals surface area contributed by atoms with E-state index < -0.39 is 17.4 Å². The maximum absolute atomic E-state index is 13.8. The van der Waals surface area contributed by atoms with Crippen LogP contribution in [0.4, 0.5) is 9.18 Å². The summed E-state index contributed by atoms with van der Waals surface area (Å²) in [6.07, 6.45) is -0.130. The van der Waals surface area contributed by atoms with Crippen molar-refractivity contribution in [1.29, 1.82) is 0 Å². The van der Waals surface area contributed by atoms with Crippen LogP contribution in [0.1, 0.15) is 27.2 Å². The number of halogens is 2. The number of rotatable bonds is 2. The minimum atomic E-state index is -1.32. The second-order valence-corrected chi connectivity index (χ2v) is 4.93. The number of carbonyl (C=O) groups is 1. The van der Waals surface area contributed by atoms with E-state index in [2.05, 4.69) is 10.6 Å². The van der Waals surface area contributed by atoms with Gasteiger partial charge in [-0.25, -0.2) is 9.18 Å². The number of alkyl halides is 1. The van der Waals surface area contributed by atoms with Crippen LogP contribution >= 0.6 is 12.4 Å². The van der Waals surface area contributed by atoms with Gasteiger partial charge in [-0.05, 0) is 33.7 Å². The number of nitrogens with one attached hydrogen (secondary N) is 2. The van der Waals surface area contributed by atoms with E-state index in [1.165, 1.54) is 0 Å². The van der Waals surface area contributed by atoms with Crippen LogP contribution in [-0.4, -0.2) is 37.0 Å². The van der Waals surface area contributed by atoms with Gasteiger partial charge in [-0.1, -0.05) is 0 Å². The Bertz CT molecular complexity index is 237. The summed E-state index contributed by atoms with van der Waals surface area (Å²) in [5.74, 6) is 0. The first-order chi connectivity index (χ1) is 6.81. The van der Waals surface area contributed by atoms with Crippen LogP contribution in [0.25, 0.3) is 0 Å². The number of amides is 1. The predicted molar refractivity (Wildman–Crippen MR) is 62.8 cm³/mol. The highest BCUT2D eigenvalue weighted by molar-refractivity contribution is 5.85. The van der Waals surface area contributed by atoms with Crippen LogP contribution in [0.5, 0.6) is 0 Å². The third-order valence-corrected chi connectivity index (χ3v) is 2.14. The zero-order chi connectivity index (χ0) is 11.5. The molecular weight excluding hydrogens is 235 g/mol. The standard InChI is InChI=1S/C10H19FN2O2.ClH/c1-9(2,3)15-8(14)13-7-10(11)4-5-12-6-10;/h12H,4-7H2,1-3H3,(H,13,14);1H/t10-;/m1./s1. The number of carbonyl (C=O) groups excluding carboxylic acids is 1. The Morgan fingerprint density at radius 1 is 1.56 bits per heavy atom. The molecule has 0 aliphatic carbocycles. The van der Waals surface area contributed by atoms with Gasteiger partial charge in [0.1, 0.15) is 11.3 Å². The highest BCUT2D eigenvalue weighted by atomic mass is 35.5. The lowest BCUT2D eigenvalue weighted by Gasteiger charge is -2.22. The van der Waals surface area contributed by atoms with Crippen molar-refractivity contribution in [2.45, 2.75) is 38.5 Å². The van der Waals surface area contributed by atoms with Crippen molar-refractivity contribution in [2.75, 3.05) is 19.6 Å². The molecule has 0 saturated carbocycles. The van der Waals surface area contributed by atoms with Crippen LogP contribution in [0.2, 0.25) is 0 Å². The average Bonchev–Trinajstić information content (AvgIpc) is 2.47. The quantitative estimate of drug-likeness (QED) is 0.788. The van der Waals surface area contributed by atoms with E-state index in [9.17, 15) is 9.18 Å². The van der Waals surface area contributed by atoms with Gasteiger partial charge in [0.05, 0.1) is 6.54 Å². The zero-order valence-corrected chi connectivity index (χ0v) is 10.7. The fourth-order valence-corrected chi connectivity index (χ4v) is 1.41. The van der Waals surface area contributed by atoms with Gasteiger partial charge in [-0.2, -0.15) is 0 Å². The molecule has 1 atom stereocenters. The molecule has 1 aliphatic rings. The Morgan fingerprint density at radius 3 is 2.62 bits per heavy atom. The van der Waals surface area contributed by atoms with E-state index in [0.717, 1.165) is 0 Å². The minimum Gasteiger partial charge on any atom is -0.444 e. The lowest BCUT2D eigenvalue weighted by Crippen LogP contribution is -2.43. The Morgan fingerprint density at radius 2 is 2.19 bits per heavy atom. The number of hydrogen-bond acceptors (Lipinski definition) is 3. The SMILES string of the molecule is CC(C)(C)OC(=O)NC[C@@]1(F)CCNC1.Cl. The smallest absolute Gasteiger partial charge is 0.407 e. The normalized spacial score (nSPS) is 24.8. The minimum absolute atomic E-state index is 0. The van der Waals surface area contributed by atoms with Gasteiger partial charge in [0, 0.05) is 6.54 Å². The molecule has 16 heavy (non-hydrogen) atoms. The van der Waals surface area contributed by atoms with Crippen LogP contribution in [-0.2, 0) is 4.74 Å². The average molecular weight is 255 g/mol. The lowest BCUT2D eigenvalue weighted by molar-refractivity contribution is 0.0485. The summed E-state index contributed by atoms with van der Waals surface area (Å²) in [6, 6.07) is 0. The molecule has 0 aromatic rings. The van der Waals surface area contributed by atoms with Gasteiger partial charge in [0.25, 0.3) is 0 Å². The lowest BCUT2D eigenvalue weighted by atomic mass is 10.1. The number of alkyl carbamates (subject to hydrolysis) is 1. The second-order valence-electron chi connectivity index (χ2n) is 4.93. The summed E-state index contributed by atoms with van der Waals surface area (Å²) >= 11 is 0. The van der Waals surface area contributed by atoms with Crippen molar-refractivity contribution >= 4 is 18.5 Å². The summed E-state index contributed by atoms with van der Waals surface area (Å²) in [7, 11) is 0. The third-order valence-electron chi connectivity index (χ3n) is 2.14. The van der Waals surface area contributed by atoms with Crippen molar-refractivity contribution < 1.29 is 13.9 Å². The molecule has 1 heterocycles. The monoisotopic (exact) mass is 254 g/mol. The first-order valence-electron chi connectivity index (χ1n) is 5.17. The summed E-state index contributed by atoms with van der Waals surface area (Å²) in [5, 5.41) is 5.36. The number of hydrogen-bond donors (Lipinski definition) is 2. The van der Waals surface area contributed by atoms with Crippen LogP contribution in [0.15, 0.2) is 0 Å². The molecule has 2 N–H and O–H groups in total. The fraction of sp³-hybridized carbons (Fsp3) is 0.900. The molecule has 0 bridgehead atoms. The summed E-state index contributed by atoms with van der Waals surface area (Å²) < 4.78 is 18.8. The van der Waals surface area contributed by atoms with Gasteiger partial charge in [-0.15, -0.1) is 12.4 Å². The largest absolute Gasteiger partial charge is 0.444 e. The molecule has 0 unspecified atom stereocenters. The molecule has 0 spiro atoms. The first-order valence-corrected chi connectivity index (χ1v) is 5.17. The highest BCUT2D eigenvalue weighted by Gasteiger charge is 2.34. The zero-order valence-electron chi connectivity index (χ0n) is 9.93. The van der Waals surface area contributed by atoms with E-state index in [-0.39, 0.29) is 19.0 Å². The third kappa shape index (κ3) is 5.51. The Labute approximate surface area is 102 Å². The Hall–Kier alpha value is -0.550. The molecule has 1 rings (SSSR count). The van der Waals surface area contributed by atoms with Gasteiger partial charge in [-0.3, -0.25) is 0 Å². The molecule has 96 valence electrons. The maximum atomic E-state index is 13.8. The second kappa shape index (κ2) is 5.68. The van der Waals surface area contributed by atoms with Crippen molar-refractivity contribution in [3.63, 3.8) is 0 Å². The molecule has 0 aromatic carbocycles. The first kappa shape index (κ1) is 15.4.